The van der Waals surface area contributed by atoms with E-state index in [1.165, 1.54) is 12.1 Å². The lowest BCUT2D eigenvalue weighted by Gasteiger charge is -2.20. The highest BCUT2D eigenvalue weighted by Crippen LogP contribution is 2.23. The van der Waals surface area contributed by atoms with Crippen molar-refractivity contribution in [2.24, 2.45) is 0 Å². The lowest BCUT2D eigenvalue weighted by molar-refractivity contribution is -0.136. The van der Waals surface area contributed by atoms with Gasteiger partial charge in [-0.05, 0) is 49.6 Å². The van der Waals surface area contributed by atoms with Crippen molar-refractivity contribution in [3.63, 3.8) is 0 Å². The maximum absolute atomic E-state index is 13.2. The largest absolute Gasteiger partial charge is 0.389 e. The molecule has 0 aromatic heterocycles. The number of rotatable bonds is 6. The zero-order chi connectivity index (χ0) is 14.5. The lowest BCUT2D eigenvalue weighted by atomic mass is 9.98. The van der Waals surface area contributed by atoms with Crippen LogP contribution in [0.5, 0.6) is 0 Å². The van der Waals surface area contributed by atoms with E-state index in [1.54, 1.807) is 6.07 Å². The van der Waals surface area contributed by atoms with Gasteiger partial charge in [0.25, 0.3) is 0 Å². The summed E-state index contributed by atoms with van der Waals surface area (Å²) in [6.45, 7) is 4.28. The van der Waals surface area contributed by atoms with Gasteiger partial charge in [-0.3, -0.25) is 0 Å². The first kappa shape index (κ1) is 16.0. The summed E-state index contributed by atoms with van der Waals surface area (Å²) < 4.78 is 49.9. The van der Waals surface area contributed by atoms with Crippen LogP contribution in [-0.2, 0) is 6.42 Å². The first-order valence-corrected chi connectivity index (χ1v) is 6.37. The predicted molar refractivity (Wildman–Crippen MR) is 67.6 cm³/mol. The molecular weight excluding hydrogens is 258 g/mol. The SMILES string of the molecule is CCNC(CCC(F)(F)F)Cc1cc(F)ccc1C. The number of alkyl halides is 3. The van der Waals surface area contributed by atoms with Gasteiger partial charge in [-0.25, -0.2) is 4.39 Å². The van der Waals surface area contributed by atoms with Crippen molar-refractivity contribution in [2.45, 2.75) is 45.3 Å². The minimum absolute atomic E-state index is 0.00724. The third-order valence-electron chi connectivity index (χ3n) is 3.05. The molecule has 1 unspecified atom stereocenters. The zero-order valence-electron chi connectivity index (χ0n) is 11.1. The maximum atomic E-state index is 13.2. The van der Waals surface area contributed by atoms with Crippen molar-refractivity contribution in [1.29, 1.82) is 0 Å². The van der Waals surface area contributed by atoms with E-state index >= 15 is 0 Å². The Kier molecular flexibility index (Phi) is 5.79. The van der Waals surface area contributed by atoms with Crippen molar-refractivity contribution in [3.05, 3.63) is 35.1 Å². The normalized spacial score (nSPS) is 13.6. The summed E-state index contributed by atoms with van der Waals surface area (Å²) in [5.74, 6) is -0.355. The molecule has 0 aliphatic heterocycles. The van der Waals surface area contributed by atoms with Gasteiger partial charge in [0.1, 0.15) is 5.82 Å². The second-order valence-corrected chi connectivity index (χ2v) is 4.68. The molecule has 0 aliphatic carbocycles. The average Bonchev–Trinajstić information content (AvgIpc) is 2.30. The number of likely N-dealkylation sites (N-methyl/N-ethyl adjacent to an activating group) is 1. The first-order valence-electron chi connectivity index (χ1n) is 6.37. The molecule has 1 N–H and O–H groups in total. The van der Waals surface area contributed by atoms with Crippen molar-refractivity contribution in [1.82, 2.24) is 5.32 Å². The molecule has 1 nitrogen and oxygen atoms in total. The highest BCUT2D eigenvalue weighted by atomic mass is 19.4. The van der Waals surface area contributed by atoms with Gasteiger partial charge in [0.05, 0.1) is 0 Å². The molecule has 1 aromatic carbocycles. The number of aryl methyl sites for hydroxylation is 1. The van der Waals surface area contributed by atoms with Crippen LogP contribution in [0.3, 0.4) is 0 Å². The molecule has 5 heteroatoms. The van der Waals surface area contributed by atoms with Crippen LogP contribution in [0.25, 0.3) is 0 Å². The van der Waals surface area contributed by atoms with E-state index in [2.05, 4.69) is 5.32 Å². The Balaban J connectivity index is 2.69. The van der Waals surface area contributed by atoms with Crippen LogP contribution in [0.15, 0.2) is 18.2 Å². The van der Waals surface area contributed by atoms with Crippen molar-refractivity contribution in [2.75, 3.05) is 6.54 Å². The molecule has 19 heavy (non-hydrogen) atoms. The smallest absolute Gasteiger partial charge is 0.314 e. The number of halogens is 4. The van der Waals surface area contributed by atoms with Gasteiger partial charge >= 0.3 is 6.18 Å². The molecule has 0 spiro atoms. The van der Waals surface area contributed by atoms with Crippen molar-refractivity contribution >= 4 is 0 Å². The molecule has 0 amide bonds. The summed E-state index contributed by atoms with van der Waals surface area (Å²) >= 11 is 0. The summed E-state index contributed by atoms with van der Waals surface area (Å²) in [5, 5.41) is 3.03. The summed E-state index contributed by atoms with van der Waals surface area (Å²) in [7, 11) is 0. The fourth-order valence-corrected chi connectivity index (χ4v) is 2.03. The minimum Gasteiger partial charge on any atom is -0.314 e. The van der Waals surface area contributed by atoms with Gasteiger partial charge in [-0.2, -0.15) is 13.2 Å². The topological polar surface area (TPSA) is 12.0 Å². The summed E-state index contributed by atoms with van der Waals surface area (Å²) in [6, 6.07) is 4.12. The molecule has 0 saturated heterocycles. The highest BCUT2D eigenvalue weighted by Gasteiger charge is 2.28. The Morgan fingerprint density at radius 3 is 2.53 bits per heavy atom. The van der Waals surface area contributed by atoms with Gasteiger partial charge in [-0.15, -0.1) is 0 Å². The number of nitrogens with one attached hydrogen (secondary N) is 1. The Morgan fingerprint density at radius 2 is 1.95 bits per heavy atom. The van der Waals surface area contributed by atoms with Crippen LogP contribution in [0.4, 0.5) is 17.6 Å². The molecule has 0 heterocycles. The predicted octanol–water partition coefficient (Wildman–Crippen LogP) is 4.00. The molecule has 1 aromatic rings. The number of hydrogen-bond acceptors (Lipinski definition) is 1. The van der Waals surface area contributed by atoms with E-state index in [9.17, 15) is 17.6 Å². The van der Waals surface area contributed by atoms with E-state index in [0.29, 0.717) is 13.0 Å². The Morgan fingerprint density at radius 1 is 1.26 bits per heavy atom. The third kappa shape index (κ3) is 6.05. The monoisotopic (exact) mass is 277 g/mol. The van der Waals surface area contributed by atoms with Crippen LogP contribution in [0.1, 0.15) is 30.9 Å². The molecule has 1 atom stereocenters. The van der Waals surface area contributed by atoms with E-state index in [-0.39, 0.29) is 18.3 Å². The van der Waals surface area contributed by atoms with E-state index in [0.717, 1.165) is 11.1 Å². The summed E-state index contributed by atoms with van der Waals surface area (Å²) in [5.41, 5.74) is 1.66. The fourth-order valence-electron chi connectivity index (χ4n) is 2.03. The van der Waals surface area contributed by atoms with Gasteiger partial charge in [-0.1, -0.05) is 13.0 Å². The Hall–Kier alpha value is -1.10. The van der Waals surface area contributed by atoms with Crippen LogP contribution >= 0.6 is 0 Å². The average molecular weight is 277 g/mol. The van der Waals surface area contributed by atoms with Crippen LogP contribution < -0.4 is 5.32 Å². The Labute approximate surface area is 111 Å². The van der Waals surface area contributed by atoms with Gasteiger partial charge in [0.2, 0.25) is 0 Å². The Bertz CT molecular complexity index is 401. The second-order valence-electron chi connectivity index (χ2n) is 4.68. The van der Waals surface area contributed by atoms with Crippen LogP contribution in [-0.4, -0.2) is 18.8 Å². The minimum atomic E-state index is -4.15. The van der Waals surface area contributed by atoms with Crippen molar-refractivity contribution in [3.8, 4) is 0 Å². The summed E-state index contributed by atoms with van der Waals surface area (Å²) in [4.78, 5) is 0. The molecule has 1 rings (SSSR count). The van der Waals surface area contributed by atoms with Gasteiger partial charge in [0, 0.05) is 12.5 Å². The molecule has 108 valence electrons. The molecule has 0 radical (unpaired) electrons. The molecule has 0 fully saturated rings. The van der Waals surface area contributed by atoms with Crippen molar-refractivity contribution < 1.29 is 17.6 Å². The van der Waals surface area contributed by atoms with Crippen LogP contribution in [0, 0.1) is 12.7 Å². The number of hydrogen-bond donors (Lipinski definition) is 1. The zero-order valence-corrected chi connectivity index (χ0v) is 11.1. The third-order valence-corrected chi connectivity index (χ3v) is 3.05. The quantitative estimate of drug-likeness (QED) is 0.775. The molecule has 0 bridgehead atoms. The van der Waals surface area contributed by atoms with Gasteiger partial charge in [0.15, 0.2) is 0 Å². The molecule has 0 saturated carbocycles. The summed E-state index contributed by atoms with van der Waals surface area (Å²) in [6.07, 6.45) is -4.55. The first-order chi connectivity index (χ1) is 8.81. The number of benzene rings is 1. The lowest BCUT2D eigenvalue weighted by Crippen LogP contribution is -2.32. The second kappa shape index (κ2) is 6.89. The van der Waals surface area contributed by atoms with Gasteiger partial charge < -0.3 is 5.32 Å². The highest BCUT2D eigenvalue weighted by molar-refractivity contribution is 5.27. The molecule has 0 aliphatic rings. The molecular formula is C14H19F4N. The maximum Gasteiger partial charge on any atom is 0.389 e. The van der Waals surface area contributed by atoms with E-state index in [1.807, 2.05) is 13.8 Å². The standard InChI is InChI=1S/C14H19F4N/c1-3-19-13(6-7-14(16,17)18)9-11-8-12(15)5-4-10(11)2/h4-5,8,13,19H,3,6-7,9H2,1-2H3. The van der Waals surface area contributed by atoms with E-state index < -0.39 is 12.6 Å². The fraction of sp³-hybridized carbons (Fsp3) is 0.571. The van der Waals surface area contributed by atoms with E-state index in [4.69, 9.17) is 0 Å². The van der Waals surface area contributed by atoms with Crippen LogP contribution in [0.2, 0.25) is 0 Å².